The summed E-state index contributed by atoms with van der Waals surface area (Å²) in [6, 6.07) is 11.5. The lowest BCUT2D eigenvalue weighted by Gasteiger charge is -2.19. The Labute approximate surface area is 121 Å². The fourth-order valence-corrected chi connectivity index (χ4v) is 2.60. The SMILES string of the molecule is Cc1cc(C)n(-c2ccccc2)c2nc(=O)n(C)c(=O)c1-2. The molecule has 106 valence electrons. The predicted octanol–water partition coefficient (Wildman–Crippen LogP) is 1.65. The molecule has 0 fully saturated rings. The summed E-state index contributed by atoms with van der Waals surface area (Å²) in [5.74, 6) is 0.409. The highest BCUT2D eigenvalue weighted by molar-refractivity contribution is 5.63. The van der Waals surface area contributed by atoms with Crippen LogP contribution in [0.2, 0.25) is 0 Å². The van der Waals surface area contributed by atoms with Gasteiger partial charge < -0.3 is 0 Å². The molecule has 2 heterocycles. The normalized spacial score (nSPS) is 11.0. The van der Waals surface area contributed by atoms with Crippen LogP contribution >= 0.6 is 0 Å². The van der Waals surface area contributed by atoms with Gasteiger partial charge >= 0.3 is 5.69 Å². The molecule has 1 aromatic carbocycles. The Morgan fingerprint density at radius 1 is 1.05 bits per heavy atom. The van der Waals surface area contributed by atoms with E-state index >= 15 is 0 Å². The number of nitrogens with zero attached hydrogens (tertiary/aromatic N) is 3. The molecule has 0 amide bonds. The van der Waals surface area contributed by atoms with Crippen molar-refractivity contribution >= 4 is 0 Å². The third-order valence-electron chi connectivity index (χ3n) is 3.63. The quantitative estimate of drug-likeness (QED) is 0.681. The van der Waals surface area contributed by atoms with Crippen LogP contribution in [0.1, 0.15) is 11.3 Å². The largest absolute Gasteiger partial charge is 0.352 e. The molecule has 0 spiro atoms. The van der Waals surface area contributed by atoms with Gasteiger partial charge in [0.05, 0.1) is 5.56 Å². The van der Waals surface area contributed by atoms with Crippen LogP contribution in [0, 0.1) is 13.8 Å². The van der Waals surface area contributed by atoms with Gasteiger partial charge in [0.2, 0.25) is 0 Å². The molecular weight excluding hydrogens is 266 g/mol. The van der Waals surface area contributed by atoms with Crippen LogP contribution in [-0.4, -0.2) is 14.1 Å². The molecule has 0 N–H and O–H groups in total. The monoisotopic (exact) mass is 281 g/mol. The molecule has 5 nitrogen and oxygen atoms in total. The third-order valence-corrected chi connectivity index (χ3v) is 3.63. The molecule has 0 bridgehead atoms. The van der Waals surface area contributed by atoms with E-state index in [0.29, 0.717) is 11.4 Å². The molecule has 0 radical (unpaired) electrons. The Kier molecular flexibility index (Phi) is 2.97. The summed E-state index contributed by atoms with van der Waals surface area (Å²) in [5.41, 5.74) is 2.25. The van der Waals surface area contributed by atoms with Gasteiger partial charge in [-0.1, -0.05) is 18.2 Å². The van der Waals surface area contributed by atoms with Crippen molar-refractivity contribution in [1.82, 2.24) is 14.1 Å². The molecule has 1 aromatic rings. The summed E-state index contributed by atoms with van der Waals surface area (Å²) in [5, 5.41) is 0. The molecule has 0 atom stereocenters. The van der Waals surface area contributed by atoms with Crippen molar-refractivity contribution in [2.75, 3.05) is 0 Å². The van der Waals surface area contributed by atoms with Gasteiger partial charge in [0, 0.05) is 18.4 Å². The van der Waals surface area contributed by atoms with Gasteiger partial charge in [0.1, 0.15) is 0 Å². The Morgan fingerprint density at radius 3 is 2.38 bits per heavy atom. The van der Waals surface area contributed by atoms with Gasteiger partial charge in [-0.2, -0.15) is 4.98 Å². The van der Waals surface area contributed by atoms with E-state index in [1.807, 2.05) is 54.8 Å². The number of hydrogen-bond donors (Lipinski definition) is 0. The number of benzene rings is 1. The number of fused-ring (bicyclic) bond motifs is 1. The molecule has 2 aliphatic rings. The van der Waals surface area contributed by atoms with Crippen LogP contribution in [0.25, 0.3) is 17.1 Å². The summed E-state index contributed by atoms with van der Waals surface area (Å²) >= 11 is 0. The van der Waals surface area contributed by atoms with Gasteiger partial charge in [-0.25, -0.2) is 4.79 Å². The molecule has 5 heteroatoms. The molecule has 0 saturated heterocycles. The van der Waals surface area contributed by atoms with Crippen molar-refractivity contribution in [1.29, 1.82) is 0 Å². The first kappa shape index (κ1) is 13.3. The zero-order valence-corrected chi connectivity index (χ0v) is 12.1. The predicted molar refractivity (Wildman–Crippen MR) is 81.2 cm³/mol. The first-order valence-corrected chi connectivity index (χ1v) is 6.66. The van der Waals surface area contributed by atoms with Crippen molar-refractivity contribution in [2.45, 2.75) is 13.8 Å². The number of para-hydroxylation sites is 1. The summed E-state index contributed by atoms with van der Waals surface area (Å²) in [6.45, 7) is 3.79. The van der Waals surface area contributed by atoms with E-state index in [2.05, 4.69) is 4.98 Å². The number of rotatable bonds is 1. The maximum Gasteiger partial charge on any atom is 0.352 e. The zero-order valence-electron chi connectivity index (χ0n) is 12.1. The number of aryl methyl sites for hydroxylation is 2. The van der Waals surface area contributed by atoms with E-state index < -0.39 is 5.69 Å². The van der Waals surface area contributed by atoms with Crippen LogP contribution in [0.5, 0.6) is 0 Å². The van der Waals surface area contributed by atoms with E-state index in [0.717, 1.165) is 21.5 Å². The van der Waals surface area contributed by atoms with Crippen molar-refractivity contribution in [3.8, 4) is 17.1 Å². The maximum absolute atomic E-state index is 12.4. The second kappa shape index (κ2) is 4.70. The highest BCUT2D eigenvalue weighted by atomic mass is 16.2. The second-order valence-electron chi connectivity index (χ2n) is 5.10. The maximum atomic E-state index is 12.4. The topological polar surface area (TPSA) is 56.9 Å². The fraction of sp³-hybridized carbons (Fsp3) is 0.188. The van der Waals surface area contributed by atoms with Crippen molar-refractivity contribution in [3.63, 3.8) is 0 Å². The van der Waals surface area contributed by atoms with Crippen molar-refractivity contribution in [3.05, 3.63) is 68.5 Å². The molecule has 0 aromatic heterocycles. The Bertz CT molecular complexity index is 907. The summed E-state index contributed by atoms with van der Waals surface area (Å²) < 4.78 is 2.88. The second-order valence-corrected chi connectivity index (χ2v) is 5.10. The lowest BCUT2D eigenvalue weighted by molar-refractivity contribution is 0.757. The van der Waals surface area contributed by atoms with Crippen LogP contribution < -0.4 is 11.2 Å². The van der Waals surface area contributed by atoms with Gasteiger partial charge in [0.15, 0.2) is 5.82 Å². The average Bonchev–Trinajstić information content (AvgIpc) is 2.45. The van der Waals surface area contributed by atoms with Crippen molar-refractivity contribution < 1.29 is 0 Å². The highest BCUT2D eigenvalue weighted by Gasteiger charge is 2.20. The lowest BCUT2D eigenvalue weighted by Crippen LogP contribution is -2.36. The van der Waals surface area contributed by atoms with Crippen LogP contribution in [-0.2, 0) is 7.05 Å². The summed E-state index contributed by atoms with van der Waals surface area (Å²) in [7, 11) is 1.45. The van der Waals surface area contributed by atoms with E-state index in [1.54, 1.807) is 0 Å². The average molecular weight is 281 g/mol. The molecule has 2 aliphatic heterocycles. The Morgan fingerprint density at radius 2 is 1.71 bits per heavy atom. The van der Waals surface area contributed by atoms with E-state index in [9.17, 15) is 9.59 Å². The van der Waals surface area contributed by atoms with Crippen molar-refractivity contribution in [2.24, 2.45) is 7.05 Å². The Balaban J connectivity index is 2.52. The number of hydrogen-bond acceptors (Lipinski definition) is 3. The molecule has 0 unspecified atom stereocenters. The minimum Gasteiger partial charge on any atom is -0.298 e. The van der Waals surface area contributed by atoms with E-state index in [4.69, 9.17) is 0 Å². The molecule has 0 aliphatic carbocycles. The van der Waals surface area contributed by atoms with Crippen LogP contribution in [0.15, 0.2) is 46.0 Å². The van der Waals surface area contributed by atoms with Crippen LogP contribution in [0.4, 0.5) is 0 Å². The van der Waals surface area contributed by atoms with Crippen LogP contribution in [0.3, 0.4) is 0 Å². The summed E-state index contributed by atoms with van der Waals surface area (Å²) in [4.78, 5) is 28.4. The fourth-order valence-electron chi connectivity index (χ4n) is 2.60. The first-order chi connectivity index (χ1) is 10.0. The summed E-state index contributed by atoms with van der Waals surface area (Å²) in [6.07, 6.45) is 0. The van der Waals surface area contributed by atoms with Gasteiger partial charge in [-0.05, 0) is 37.6 Å². The minimum atomic E-state index is -0.540. The number of aromatic nitrogens is 3. The molecule has 21 heavy (non-hydrogen) atoms. The van der Waals surface area contributed by atoms with Gasteiger partial charge in [-0.3, -0.25) is 13.9 Å². The third kappa shape index (κ3) is 1.98. The van der Waals surface area contributed by atoms with E-state index in [1.165, 1.54) is 7.05 Å². The minimum absolute atomic E-state index is 0.313. The smallest absolute Gasteiger partial charge is 0.298 e. The lowest BCUT2D eigenvalue weighted by atomic mass is 10.1. The highest BCUT2D eigenvalue weighted by Crippen LogP contribution is 2.24. The Hall–Kier alpha value is -2.69. The molecular formula is C16H15N3O2. The zero-order chi connectivity index (χ0) is 15.1. The molecule has 0 saturated carbocycles. The standard InChI is InChI=1S/C16H15N3O2/c1-10-9-11(2)19(12-7-5-4-6-8-12)14-13(10)15(20)18(3)16(21)17-14/h4-9H,1-3H3. The van der Waals surface area contributed by atoms with Gasteiger partial charge in [-0.15, -0.1) is 0 Å². The first-order valence-electron chi connectivity index (χ1n) is 6.66. The number of pyridine rings is 1. The van der Waals surface area contributed by atoms with Gasteiger partial charge in [0.25, 0.3) is 5.56 Å². The van der Waals surface area contributed by atoms with E-state index in [-0.39, 0.29) is 5.56 Å². The molecule has 3 rings (SSSR count).